The SMILES string of the molecule is Cc1cnc(C(=O)N2CC[C@H](CO)[C@H](N(C)C)C2)cn1. The number of piperidine rings is 1. The van der Waals surface area contributed by atoms with E-state index < -0.39 is 0 Å². The highest BCUT2D eigenvalue weighted by molar-refractivity contribution is 5.92. The lowest BCUT2D eigenvalue weighted by atomic mass is 9.91. The maximum absolute atomic E-state index is 12.4. The van der Waals surface area contributed by atoms with Gasteiger partial charge in [-0.25, -0.2) is 4.98 Å². The number of rotatable bonds is 3. The van der Waals surface area contributed by atoms with Gasteiger partial charge in [-0.15, -0.1) is 0 Å². The van der Waals surface area contributed by atoms with Crippen molar-refractivity contribution in [3.63, 3.8) is 0 Å². The van der Waals surface area contributed by atoms with Gasteiger partial charge in [-0.05, 0) is 27.4 Å². The average Bonchev–Trinajstić information content (AvgIpc) is 2.46. The molecule has 0 spiro atoms. The first-order valence-electron chi connectivity index (χ1n) is 6.88. The molecule has 1 N–H and O–H groups in total. The summed E-state index contributed by atoms with van der Waals surface area (Å²) in [5.74, 6) is 0.138. The molecule has 0 saturated carbocycles. The third-order valence-electron chi connectivity index (χ3n) is 3.91. The van der Waals surface area contributed by atoms with E-state index >= 15 is 0 Å². The normalized spacial score (nSPS) is 23.1. The number of amides is 1. The van der Waals surface area contributed by atoms with Crippen molar-refractivity contribution in [1.82, 2.24) is 19.8 Å². The van der Waals surface area contributed by atoms with Gasteiger partial charge in [-0.3, -0.25) is 9.78 Å². The molecule has 0 aromatic carbocycles. The fraction of sp³-hybridized carbons (Fsp3) is 0.643. The van der Waals surface area contributed by atoms with Crippen molar-refractivity contribution in [2.45, 2.75) is 19.4 Å². The number of aliphatic hydroxyl groups is 1. The largest absolute Gasteiger partial charge is 0.396 e. The number of aromatic nitrogens is 2. The number of hydrogen-bond donors (Lipinski definition) is 1. The van der Waals surface area contributed by atoms with E-state index in [0.717, 1.165) is 12.1 Å². The number of carbonyl (C=O) groups is 1. The van der Waals surface area contributed by atoms with Crippen molar-refractivity contribution in [3.8, 4) is 0 Å². The third kappa shape index (κ3) is 3.13. The molecular weight excluding hydrogens is 256 g/mol. The Hall–Kier alpha value is -1.53. The number of aryl methyl sites for hydroxylation is 1. The molecule has 1 aliphatic heterocycles. The highest BCUT2D eigenvalue weighted by Gasteiger charge is 2.33. The molecule has 2 heterocycles. The molecule has 6 nitrogen and oxygen atoms in total. The molecule has 20 heavy (non-hydrogen) atoms. The first kappa shape index (κ1) is 14.9. The second-order valence-electron chi connectivity index (χ2n) is 5.56. The molecule has 2 atom stereocenters. The topological polar surface area (TPSA) is 69.6 Å². The van der Waals surface area contributed by atoms with Gasteiger partial charge in [-0.2, -0.15) is 0 Å². The summed E-state index contributed by atoms with van der Waals surface area (Å²) in [7, 11) is 3.96. The quantitative estimate of drug-likeness (QED) is 0.853. The zero-order chi connectivity index (χ0) is 14.7. The predicted molar refractivity (Wildman–Crippen MR) is 75.3 cm³/mol. The fourth-order valence-electron chi connectivity index (χ4n) is 2.63. The van der Waals surface area contributed by atoms with Crippen LogP contribution in [0.15, 0.2) is 12.4 Å². The van der Waals surface area contributed by atoms with E-state index in [4.69, 9.17) is 0 Å². The average molecular weight is 278 g/mol. The number of likely N-dealkylation sites (tertiary alicyclic amines) is 1. The van der Waals surface area contributed by atoms with Crippen LogP contribution in [-0.4, -0.2) is 70.6 Å². The number of carbonyl (C=O) groups excluding carboxylic acids is 1. The molecule has 1 aliphatic rings. The summed E-state index contributed by atoms with van der Waals surface area (Å²) in [6, 6.07) is 0.177. The monoisotopic (exact) mass is 278 g/mol. The van der Waals surface area contributed by atoms with Gasteiger partial charge < -0.3 is 14.9 Å². The lowest BCUT2D eigenvalue weighted by Crippen LogP contribution is -2.53. The third-order valence-corrected chi connectivity index (χ3v) is 3.91. The molecule has 6 heteroatoms. The molecule has 0 radical (unpaired) electrons. The summed E-state index contributed by atoms with van der Waals surface area (Å²) in [4.78, 5) is 24.6. The van der Waals surface area contributed by atoms with Crippen LogP contribution in [0.3, 0.4) is 0 Å². The van der Waals surface area contributed by atoms with Gasteiger partial charge in [0.1, 0.15) is 5.69 Å². The predicted octanol–water partition coefficient (Wildman–Crippen LogP) is 0.170. The molecule has 1 aromatic heterocycles. The minimum absolute atomic E-state index is 0.0826. The van der Waals surface area contributed by atoms with Crippen LogP contribution in [0.5, 0.6) is 0 Å². The van der Waals surface area contributed by atoms with Crippen LogP contribution in [0.25, 0.3) is 0 Å². The first-order valence-corrected chi connectivity index (χ1v) is 6.88. The Balaban J connectivity index is 2.09. The number of likely N-dealkylation sites (N-methyl/N-ethyl adjacent to an activating group) is 1. The maximum Gasteiger partial charge on any atom is 0.274 e. The minimum atomic E-state index is -0.0826. The Labute approximate surface area is 119 Å². The van der Waals surface area contributed by atoms with Crippen LogP contribution in [-0.2, 0) is 0 Å². The second kappa shape index (κ2) is 6.28. The van der Waals surface area contributed by atoms with E-state index in [9.17, 15) is 9.90 Å². The van der Waals surface area contributed by atoms with Gasteiger partial charge in [-0.1, -0.05) is 0 Å². The van der Waals surface area contributed by atoms with Crippen LogP contribution in [0.1, 0.15) is 22.6 Å². The van der Waals surface area contributed by atoms with Crippen LogP contribution >= 0.6 is 0 Å². The van der Waals surface area contributed by atoms with E-state index in [-0.39, 0.29) is 24.5 Å². The number of nitrogens with zero attached hydrogens (tertiary/aromatic N) is 4. The van der Waals surface area contributed by atoms with Gasteiger partial charge in [0.05, 0.1) is 11.9 Å². The van der Waals surface area contributed by atoms with E-state index in [1.54, 1.807) is 11.1 Å². The summed E-state index contributed by atoms with van der Waals surface area (Å²) in [6.07, 6.45) is 3.95. The molecular formula is C14H22N4O2. The molecule has 0 bridgehead atoms. The van der Waals surface area contributed by atoms with Crippen LogP contribution in [0, 0.1) is 12.8 Å². The van der Waals surface area contributed by atoms with E-state index in [0.29, 0.717) is 18.8 Å². The van der Waals surface area contributed by atoms with Crippen molar-refractivity contribution in [1.29, 1.82) is 0 Å². The van der Waals surface area contributed by atoms with Gasteiger partial charge >= 0.3 is 0 Å². The summed E-state index contributed by atoms with van der Waals surface area (Å²) >= 11 is 0. The summed E-state index contributed by atoms with van der Waals surface area (Å²) in [6.45, 7) is 3.28. The van der Waals surface area contributed by atoms with Crippen LogP contribution in [0.2, 0.25) is 0 Å². The lowest BCUT2D eigenvalue weighted by molar-refractivity contribution is 0.0375. The lowest BCUT2D eigenvalue weighted by Gasteiger charge is -2.40. The van der Waals surface area contributed by atoms with Gasteiger partial charge in [0.15, 0.2) is 0 Å². The zero-order valence-electron chi connectivity index (χ0n) is 12.3. The molecule has 1 aromatic rings. The molecule has 1 amide bonds. The maximum atomic E-state index is 12.4. The Kier molecular flexibility index (Phi) is 4.67. The smallest absolute Gasteiger partial charge is 0.274 e. The van der Waals surface area contributed by atoms with Gasteiger partial charge in [0.25, 0.3) is 5.91 Å². The van der Waals surface area contributed by atoms with Crippen molar-refractivity contribution < 1.29 is 9.90 Å². The highest BCUT2D eigenvalue weighted by Crippen LogP contribution is 2.21. The number of aliphatic hydroxyl groups excluding tert-OH is 1. The molecule has 0 aliphatic carbocycles. The summed E-state index contributed by atoms with van der Waals surface area (Å²) in [5, 5.41) is 9.43. The second-order valence-corrected chi connectivity index (χ2v) is 5.56. The first-order chi connectivity index (χ1) is 9.52. The van der Waals surface area contributed by atoms with Crippen LogP contribution in [0.4, 0.5) is 0 Å². The summed E-state index contributed by atoms with van der Waals surface area (Å²) in [5.41, 5.74) is 1.18. The molecule has 1 saturated heterocycles. The van der Waals surface area contributed by atoms with E-state index in [1.165, 1.54) is 6.20 Å². The Morgan fingerprint density at radius 3 is 2.75 bits per heavy atom. The van der Waals surface area contributed by atoms with Crippen molar-refractivity contribution in [2.75, 3.05) is 33.8 Å². The van der Waals surface area contributed by atoms with Gasteiger partial charge in [0.2, 0.25) is 0 Å². The highest BCUT2D eigenvalue weighted by atomic mass is 16.3. The van der Waals surface area contributed by atoms with Crippen LogP contribution < -0.4 is 0 Å². The van der Waals surface area contributed by atoms with E-state index in [1.807, 2.05) is 21.0 Å². The van der Waals surface area contributed by atoms with Crippen molar-refractivity contribution in [3.05, 3.63) is 23.8 Å². The van der Waals surface area contributed by atoms with Crippen molar-refractivity contribution >= 4 is 5.91 Å². The minimum Gasteiger partial charge on any atom is -0.396 e. The summed E-state index contributed by atoms with van der Waals surface area (Å²) < 4.78 is 0. The zero-order valence-corrected chi connectivity index (χ0v) is 12.3. The number of hydrogen-bond acceptors (Lipinski definition) is 5. The standard InChI is InChI=1S/C14H22N4O2/c1-10-6-16-12(7-15-10)14(20)18-5-4-11(9-19)13(8-18)17(2)3/h6-7,11,13,19H,4-5,8-9H2,1-3H3/t11-,13-/m1/s1. The molecule has 2 rings (SSSR count). The Bertz CT molecular complexity index is 461. The molecule has 110 valence electrons. The Morgan fingerprint density at radius 1 is 1.45 bits per heavy atom. The molecule has 1 fully saturated rings. The van der Waals surface area contributed by atoms with Gasteiger partial charge in [0, 0.05) is 37.9 Å². The fourth-order valence-corrected chi connectivity index (χ4v) is 2.63. The van der Waals surface area contributed by atoms with E-state index in [2.05, 4.69) is 14.9 Å². The van der Waals surface area contributed by atoms with Crippen molar-refractivity contribution in [2.24, 2.45) is 5.92 Å². The Morgan fingerprint density at radius 2 is 2.20 bits per heavy atom. The molecule has 0 unspecified atom stereocenters.